The van der Waals surface area contributed by atoms with Crippen molar-refractivity contribution < 1.29 is 14.9 Å². The summed E-state index contributed by atoms with van der Waals surface area (Å²) in [5, 5.41) is 19.2. The van der Waals surface area contributed by atoms with Crippen molar-refractivity contribution in [1.29, 1.82) is 0 Å². The molecule has 4 N–H and O–H groups in total. The Kier molecular flexibility index (Phi) is 4.38. The molecule has 4 nitrogen and oxygen atoms in total. The number of nitrogens with two attached hydrogens (primary N) is 1. The van der Waals surface area contributed by atoms with E-state index in [1.807, 2.05) is 0 Å². The van der Waals surface area contributed by atoms with Gasteiger partial charge in [-0.15, -0.1) is 0 Å². The van der Waals surface area contributed by atoms with Gasteiger partial charge in [0.05, 0.1) is 13.2 Å². The molecule has 0 aromatic heterocycles. The number of phenolic OH excluding ortho intramolecular Hbond substituents is 1. The van der Waals surface area contributed by atoms with Gasteiger partial charge in [-0.25, -0.2) is 0 Å². The number of aliphatic hydroxyl groups is 1. The Morgan fingerprint density at radius 1 is 1.53 bits per heavy atom. The highest BCUT2D eigenvalue weighted by Gasteiger charge is 2.14. The minimum absolute atomic E-state index is 0.0353. The number of aliphatic hydroxyl groups excluding tert-OH is 1. The maximum Gasteiger partial charge on any atom is 0.160 e. The largest absolute Gasteiger partial charge is 0.504 e. The molecule has 1 atom stereocenters. The zero-order chi connectivity index (χ0) is 11.4. The number of rotatable bonds is 4. The van der Waals surface area contributed by atoms with Gasteiger partial charge in [-0.05, 0) is 30.7 Å². The van der Waals surface area contributed by atoms with Crippen LogP contribution < -0.4 is 10.5 Å². The van der Waals surface area contributed by atoms with Gasteiger partial charge in [0.25, 0.3) is 0 Å². The van der Waals surface area contributed by atoms with Crippen LogP contribution in [-0.4, -0.2) is 23.9 Å². The summed E-state index contributed by atoms with van der Waals surface area (Å²) < 4.78 is 5.60. The second-order valence-electron chi connectivity index (χ2n) is 3.14. The molecule has 0 aliphatic heterocycles. The van der Waals surface area contributed by atoms with Crippen LogP contribution in [0.4, 0.5) is 0 Å². The fourth-order valence-corrected chi connectivity index (χ4v) is 1.89. The topological polar surface area (TPSA) is 75.7 Å². The third-order valence-electron chi connectivity index (χ3n) is 2.10. The quantitative estimate of drug-likeness (QED) is 0.779. The summed E-state index contributed by atoms with van der Waals surface area (Å²) in [6, 6.07) is 3.09. The average molecular weight is 276 g/mol. The SMILES string of the molecule is COc1cc([C@@H](O)CCN)c(Br)cc1O. The van der Waals surface area contributed by atoms with E-state index in [4.69, 9.17) is 10.5 Å². The van der Waals surface area contributed by atoms with E-state index in [-0.39, 0.29) is 5.75 Å². The number of methoxy groups -OCH3 is 1. The van der Waals surface area contributed by atoms with Crippen LogP contribution in [0.15, 0.2) is 16.6 Å². The van der Waals surface area contributed by atoms with Gasteiger partial charge in [0.2, 0.25) is 0 Å². The molecule has 0 fully saturated rings. The number of ether oxygens (including phenoxy) is 1. The Morgan fingerprint density at radius 2 is 2.20 bits per heavy atom. The lowest BCUT2D eigenvalue weighted by molar-refractivity contribution is 0.169. The number of hydrogen-bond donors (Lipinski definition) is 3. The first kappa shape index (κ1) is 12.3. The molecule has 0 spiro atoms. The zero-order valence-electron chi connectivity index (χ0n) is 8.40. The minimum Gasteiger partial charge on any atom is -0.504 e. The Labute approximate surface area is 96.8 Å². The molecular weight excluding hydrogens is 262 g/mol. The van der Waals surface area contributed by atoms with Crippen molar-refractivity contribution in [1.82, 2.24) is 0 Å². The van der Waals surface area contributed by atoms with Crippen LogP contribution in [0.25, 0.3) is 0 Å². The highest BCUT2D eigenvalue weighted by atomic mass is 79.9. The number of halogens is 1. The number of benzene rings is 1. The van der Waals surface area contributed by atoms with Crippen LogP contribution in [0.5, 0.6) is 11.5 Å². The molecule has 0 amide bonds. The van der Waals surface area contributed by atoms with Crippen molar-refractivity contribution in [2.45, 2.75) is 12.5 Å². The van der Waals surface area contributed by atoms with E-state index in [1.54, 1.807) is 6.07 Å². The molecule has 0 aliphatic rings. The summed E-state index contributed by atoms with van der Waals surface area (Å²) in [4.78, 5) is 0. The van der Waals surface area contributed by atoms with Crippen molar-refractivity contribution in [3.63, 3.8) is 0 Å². The first-order valence-electron chi connectivity index (χ1n) is 4.54. The van der Waals surface area contributed by atoms with Crippen LogP contribution in [0, 0.1) is 0 Å². The maximum atomic E-state index is 9.77. The Morgan fingerprint density at radius 3 is 2.73 bits per heavy atom. The molecule has 0 bridgehead atoms. The number of hydrogen-bond acceptors (Lipinski definition) is 4. The molecule has 0 aliphatic carbocycles. The third kappa shape index (κ3) is 2.84. The van der Waals surface area contributed by atoms with Gasteiger partial charge in [0.1, 0.15) is 0 Å². The molecule has 15 heavy (non-hydrogen) atoms. The van der Waals surface area contributed by atoms with Crippen molar-refractivity contribution >= 4 is 15.9 Å². The second-order valence-corrected chi connectivity index (χ2v) is 3.99. The van der Waals surface area contributed by atoms with E-state index < -0.39 is 6.10 Å². The Bertz CT molecular complexity index is 344. The number of aromatic hydroxyl groups is 1. The predicted octanol–water partition coefficient (Wildman–Crippen LogP) is 1.55. The van der Waals surface area contributed by atoms with E-state index in [2.05, 4.69) is 15.9 Å². The monoisotopic (exact) mass is 275 g/mol. The highest BCUT2D eigenvalue weighted by molar-refractivity contribution is 9.10. The first-order valence-corrected chi connectivity index (χ1v) is 5.34. The Hall–Kier alpha value is -0.780. The second kappa shape index (κ2) is 5.34. The molecule has 0 saturated carbocycles. The lowest BCUT2D eigenvalue weighted by atomic mass is 10.1. The molecule has 0 saturated heterocycles. The molecule has 84 valence electrons. The van der Waals surface area contributed by atoms with E-state index in [1.165, 1.54) is 13.2 Å². The van der Waals surface area contributed by atoms with Crippen LogP contribution in [0.3, 0.4) is 0 Å². The molecule has 1 rings (SSSR count). The molecular formula is C10H14BrNO3. The summed E-state index contributed by atoms with van der Waals surface area (Å²) in [5.41, 5.74) is 6.02. The maximum absolute atomic E-state index is 9.77. The fourth-order valence-electron chi connectivity index (χ4n) is 1.29. The first-order chi connectivity index (χ1) is 7.10. The minimum atomic E-state index is -0.654. The van der Waals surface area contributed by atoms with Crippen LogP contribution in [0.2, 0.25) is 0 Å². The van der Waals surface area contributed by atoms with E-state index >= 15 is 0 Å². The van der Waals surface area contributed by atoms with Crippen LogP contribution in [0.1, 0.15) is 18.1 Å². The van der Waals surface area contributed by atoms with Gasteiger partial charge in [-0.2, -0.15) is 0 Å². The predicted molar refractivity (Wildman–Crippen MR) is 61.0 cm³/mol. The van der Waals surface area contributed by atoms with Crippen molar-refractivity contribution in [2.75, 3.05) is 13.7 Å². The number of phenols is 1. The molecule has 0 unspecified atom stereocenters. The fraction of sp³-hybridized carbons (Fsp3) is 0.400. The van der Waals surface area contributed by atoms with Crippen molar-refractivity contribution in [3.8, 4) is 11.5 Å². The third-order valence-corrected chi connectivity index (χ3v) is 2.78. The van der Waals surface area contributed by atoms with Crippen molar-refractivity contribution in [3.05, 3.63) is 22.2 Å². The average Bonchev–Trinajstić information content (AvgIpc) is 2.18. The normalized spacial score (nSPS) is 12.5. The lowest BCUT2D eigenvalue weighted by Gasteiger charge is -2.14. The molecule has 1 aromatic carbocycles. The molecule has 0 radical (unpaired) electrons. The van der Waals surface area contributed by atoms with Crippen LogP contribution in [-0.2, 0) is 0 Å². The smallest absolute Gasteiger partial charge is 0.160 e. The summed E-state index contributed by atoms with van der Waals surface area (Å²) in [6.07, 6.45) is -0.189. The van der Waals surface area contributed by atoms with E-state index in [9.17, 15) is 10.2 Å². The van der Waals surface area contributed by atoms with Gasteiger partial charge < -0.3 is 20.7 Å². The van der Waals surface area contributed by atoms with Gasteiger partial charge in [0.15, 0.2) is 11.5 Å². The standard InChI is InChI=1S/C10H14BrNO3/c1-15-10-4-6(8(13)2-3-12)7(11)5-9(10)14/h4-5,8,13-14H,2-3,12H2,1H3/t8-/m0/s1. The highest BCUT2D eigenvalue weighted by Crippen LogP contribution is 2.35. The van der Waals surface area contributed by atoms with E-state index in [0.717, 1.165) is 0 Å². The van der Waals surface area contributed by atoms with Gasteiger partial charge in [0, 0.05) is 4.47 Å². The lowest BCUT2D eigenvalue weighted by Crippen LogP contribution is -2.07. The summed E-state index contributed by atoms with van der Waals surface area (Å²) in [6.45, 7) is 0.400. The van der Waals surface area contributed by atoms with Gasteiger partial charge >= 0.3 is 0 Å². The Balaban J connectivity index is 3.06. The van der Waals surface area contributed by atoms with E-state index in [0.29, 0.717) is 28.8 Å². The van der Waals surface area contributed by atoms with Crippen LogP contribution >= 0.6 is 15.9 Å². The summed E-state index contributed by atoms with van der Waals surface area (Å²) in [7, 11) is 1.46. The summed E-state index contributed by atoms with van der Waals surface area (Å²) >= 11 is 3.26. The zero-order valence-corrected chi connectivity index (χ0v) is 9.99. The van der Waals surface area contributed by atoms with Gasteiger partial charge in [-0.1, -0.05) is 15.9 Å². The molecule has 5 heteroatoms. The molecule has 1 aromatic rings. The molecule has 0 heterocycles. The van der Waals surface area contributed by atoms with Gasteiger partial charge in [-0.3, -0.25) is 0 Å². The summed E-state index contributed by atoms with van der Waals surface area (Å²) in [5.74, 6) is 0.373. The van der Waals surface area contributed by atoms with Crippen molar-refractivity contribution in [2.24, 2.45) is 5.73 Å².